The molecule has 1 saturated carbocycles. The summed E-state index contributed by atoms with van der Waals surface area (Å²) in [4.78, 5) is 11.7. The molecule has 5 nitrogen and oxygen atoms in total. The van der Waals surface area contributed by atoms with E-state index < -0.39 is 10.0 Å². The van der Waals surface area contributed by atoms with E-state index >= 15 is 0 Å². The van der Waals surface area contributed by atoms with Gasteiger partial charge in [0.15, 0.2) is 0 Å². The summed E-state index contributed by atoms with van der Waals surface area (Å²) >= 11 is 0.965. The summed E-state index contributed by atoms with van der Waals surface area (Å²) in [6.07, 6.45) is 3.55. The Morgan fingerprint density at radius 1 is 1.53 bits per heavy atom. The molecule has 1 aromatic rings. The second-order valence-electron chi connectivity index (χ2n) is 4.21. The van der Waals surface area contributed by atoms with Crippen LogP contribution in [0, 0.1) is 5.92 Å². The number of sulfonamides is 1. The molecule has 2 rings (SSSR count). The first-order valence-corrected chi connectivity index (χ1v) is 7.79. The lowest BCUT2D eigenvalue weighted by atomic mass is 9.85. The van der Waals surface area contributed by atoms with E-state index in [0.717, 1.165) is 24.2 Å². The summed E-state index contributed by atoms with van der Waals surface area (Å²) in [5.41, 5.74) is 0.360. The second-order valence-corrected chi connectivity index (χ2v) is 6.91. The van der Waals surface area contributed by atoms with Gasteiger partial charge in [-0.25, -0.2) is 13.6 Å². The molecule has 1 aromatic heterocycles. The lowest BCUT2D eigenvalue weighted by Crippen LogP contribution is -2.31. The highest BCUT2D eigenvalue weighted by Crippen LogP contribution is 2.25. The lowest BCUT2D eigenvalue weighted by molar-refractivity contribution is 0.0939. The first-order valence-electron chi connectivity index (χ1n) is 5.36. The van der Waals surface area contributed by atoms with Gasteiger partial charge in [-0.15, -0.1) is 11.3 Å². The first kappa shape index (κ1) is 12.5. The molecule has 7 heteroatoms. The van der Waals surface area contributed by atoms with Crippen LogP contribution in [-0.2, 0) is 10.0 Å². The zero-order valence-corrected chi connectivity index (χ0v) is 10.8. The van der Waals surface area contributed by atoms with Gasteiger partial charge < -0.3 is 5.32 Å². The average Bonchev–Trinajstić information content (AvgIpc) is 2.62. The molecule has 1 amide bonds. The van der Waals surface area contributed by atoms with Gasteiger partial charge in [0.2, 0.25) is 10.0 Å². The van der Waals surface area contributed by atoms with E-state index in [1.165, 1.54) is 17.9 Å². The maximum absolute atomic E-state index is 11.7. The monoisotopic (exact) mass is 274 g/mol. The van der Waals surface area contributed by atoms with Crippen LogP contribution in [0.25, 0.3) is 0 Å². The molecule has 1 aliphatic carbocycles. The zero-order valence-electron chi connectivity index (χ0n) is 9.18. The van der Waals surface area contributed by atoms with Gasteiger partial charge in [-0.2, -0.15) is 0 Å². The Bertz CT molecular complexity index is 517. The smallest absolute Gasteiger partial charge is 0.252 e. The van der Waals surface area contributed by atoms with Gasteiger partial charge in [0.05, 0.1) is 5.56 Å². The van der Waals surface area contributed by atoms with Gasteiger partial charge >= 0.3 is 0 Å². The third kappa shape index (κ3) is 3.05. The van der Waals surface area contributed by atoms with Crippen LogP contribution in [0.15, 0.2) is 15.7 Å². The first-order chi connectivity index (χ1) is 7.97. The molecule has 94 valence electrons. The van der Waals surface area contributed by atoms with E-state index in [0.29, 0.717) is 18.0 Å². The molecule has 1 fully saturated rings. The molecule has 0 saturated heterocycles. The SMILES string of the molecule is NS(=O)(=O)c1cc(C(=O)NCC2CCC2)cs1. The fraction of sp³-hybridized carbons (Fsp3) is 0.500. The van der Waals surface area contributed by atoms with Crippen molar-refractivity contribution in [1.29, 1.82) is 0 Å². The van der Waals surface area contributed by atoms with Crippen molar-refractivity contribution in [3.05, 3.63) is 17.0 Å². The van der Waals surface area contributed by atoms with Crippen molar-refractivity contribution in [2.75, 3.05) is 6.54 Å². The number of hydrogen-bond donors (Lipinski definition) is 2. The standard InChI is InChI=1S/C10H14N2O3S2/c11-17(14,15)9-4-8(6-16-9)10(13)12-5-7-2-1-3-7/h4,6-7H,1-3,5H2,(H,12,13)(H2,11,14,15). The zero-order chi connectivity index (χ0) is 12.5. The maximum atomic E-state index is 11.7. The molecule has 0 bridgehead atoms. The van der Waals surface area contributed by atoms with Crippen molar-refractivity contribution in [1.82, 2.24) is 5.32 Å². The Balaban J connectivity index is 1.96. The highest BCUT2D eigenvalue weighted by Gasteiger charge is 2.19. The minimum atomic E-state index is -3.70. The van der Waals surface area contributed by atoms with Crippen LogP contribution in [-0.4, -0.2) is 20.9 Å². The van der Waals surface area contributed by atoms with Gasteiger partial charge in [0.25, 0.3) is 5.91 Å². The molecule has 0 atom stereocenters. The quantitative estimate of drug-likeness (QED) is 0.855. The lowest BCUT2D eigenvalue weighted by Gasteiger charge is -2.25. The van der Waals surface area contributed by atoms with Crippen molar-refractivity contribution in [3.8, 4) is 0 Å². The molecule has 1 aliphatic rings. The number of rotatable bonds is 4. The van der Waals surface area contributed by atoms with E-state index in [-0.39, 0.29) is 10.1 Å². The number of carbonyl (C=O) groups is 1. The molecular formula is C10H14N2O3S2. The van der Waals surface area contributed by atoms with Crippen LogP contribution in [0.3, 0.4) is 0 Å². The van der Waals surface area contributed by atoms with Gasteiger partial charge in [0, 0.05) is 11.9 Å². The minimum Gasteiger partial charge on any atom is -0.352 e. The number of nitrogens with two attached hydrogens (primary N) is 1. The Morgan fingerprint density at radius 2 is 2.24 bits per heavy atom. The van der Waals surface area contributed by atoms with Crippen LogP contribution in [0.5, 0.6) is 0 Å². The molecule has 0 spiro atoms. The Morgan fingerprint density at radius 3 is 2.71 bits per heavy atom. The number of nitrogens with one attached hydrogen (secondary N) is 1. The summed E-state index contributed by atoms with van der Waals surface area (Å²) in [5, 5.41) is 9.28. The molecule has 0 aliphatic heterocycles. The van der Waals surface area contributed by atoms with Crippen LogP contribution in [0.1, 0.15) is 29.6 Å². The van der Waals surface area contributed by atoms with E-state index in [1.54, 1.807) is 0 Å². The van der Waals surface area contributed by atoms with E-state index in [2.05, 4.69) is 5.32 Å². The van der Waals surface area contributed by atoms with Crippen LogP contribution < -0.4 is 10.5 Å². The van der Waals surface area contributed by atoms with Crippen LogP contribution in [0.2, 0.25) is 0 Å². The molecule has 3 N–H and O–H groups in total. The number of hydrogen-bond acceptors (Lipinski definition) is 4. The normalized spacial score (nSPS) is 16.5. The molecule has 17 heavy (non-hydrogen) atoms. The van der Waals surface area contributed by atoms with Crippen molar-refractivity contribution in [2.24, 2.45) is 11.1 Å². The summed E-state index contributed by atoms with van der Waals surface area (Å²) in [5.74, 6) is 0.346. The van der Waals surface area contributed by atoms with Gasteiger partial charge in [0.1, 0.15) is 4.21 Å². The Hall–Kier alpha value is -0.920. The molecule has 0 radical (unpaired) electrons. The second kappa shape index (κ2) is 4.75. The summed E-state index contributed by atoms with van der Waals surface area (Å²) < 4.78 is 22.1. The van der Waals surface area contributed by atoms with Crippen molar-refractivity contribution in [2.45, 2.75) is 23.5 Å². The number of amides is 1. The predicted octanol–water partition coefficient (Wildman–Crippen LogP) is 0.925. The third-order valence-electron chi connectivity index (χ3n) is 2.89. The molecule has 1 heterocycles. The fourth-order valence-corrected chi connectivity index (χ4v) is 3.21. The van der Waals surface area contributed by atoms with Gasteiger partial charge in [-0.1, -0.05) is 6.42 Å². The van der Waals surface area contributed by atoms with Crippen LogP contribution in [0.4, 0.5) is 0 Å². The van der Waals surface area contributed by atoms with E-state index in [1.807, 2.05) is 0 Å². The molecule has 0 unspecified atom stereocenters. The average molecular weight is 274 g/mol. The van der Waals surface area contributed by atoms with Crippen LogP contribution >= 0.6 is 11.3 Å². The fourth-order valence-electron chi connectivity index (χ4n) is 1.62. The van der Waals surface area contributed by atoms with Crippen molar-refractivity contribution < 1.29 is 13.2 Å². The maximum Gasteiger partial charge on any atom is 0.252 e. The van der Waals surface area contributed by atoms with E-state index in [9.17, 15) is 13.2 Å². The van der Waals surface area contributed by atoms with E-state index in [4.69, 9.17) is 5.14 Å². The Labute approximate surface area is 104 Å². The highest BCUT2D eigenvalue weighted by molar-refractivity contribution is 7.91. The number of carbonyl (C=O) groups excluding carboxylic acids is 1. The highest BCUT2D eigenvalue weighted by atomic mass is 32.2. The van der Waals surface area contributed by atoms with Crippen molar-refractivity contribution >= 4 is 27.3 Å². The van der Waals surface area contributed by atoms with Crippen molar-refractivity contribution in [3.63, 3.8) is 0 Å². The van der Waals surface area contributed by atoms with Gasteiger partial charge in [-0.3, -0.25) is 4.79 Å². The Kier molecular flexibility index (Phi) is 3.50. The third-order valence-corrected chi connectivity index (χ3v) is 5.28. The molecule has 0 aromatic carbocycles. The molecular weight excluding hydrogens is 260 g/mol. The number of thiophene rings is 1. The summed E-state index contributed by atoms with van der Waals surface area (Å²) in [6, 6.07) is 1.32. The topological polar surface area (TPSA) is 89.3 Å². The largest absolute Gasteiger partial charge is 0.352 e. The van der Waals surface area contributed by atoms with Gasteiger partial charge in [-0.05, 0) is 24.8 Å². The minimum absolute atomic E-state index is 0.0197. The summed E-state index contributed by atoms with van der Waals surface area (Å²) in [7, 11) is -3.70. The number of primary sulfonamides is 1. The predicted molar refractivity (Wildman–Crippen MR) is 65.4 cm³/mol. The summed E-state index contributed by atoms with van der Waals surface area (Å²) in [6.45, 7) is 0.666.